The van der Waals surface area contributed by atoms with Gasteiger partial charge in [0.15, 0.2) is 0 Å². The van der Waals surface area contributed by atoms with E-state index in [1.54, 1.807) is 0 Å². The van der Waals surface area contributed by atoms with Crippen LogP contribution in [-0.4, -0.2) is 38.6 Å². The van der Waals surface area contributed by atoms with Gasteiger partial charge >= 0.3 is 6.36 Å². The van der Waals surface area contributed by atoms with Crippen molar-refractivity contribution in [3.63, 3.8) is 0 Å². The fourth-order valence-electron chi connectivity index (χ4n) is 2.01. The number of nitrogens with one attached hydrogen (secondary N) is 1. The molecule has 0 aliphatic carbocycles. The highest BCUT2D eigenvalue weighted by molar-refractivity contribution is 7.89. The van der Waals surface area contributed by atoms with E-state index in [0.29, 0.717) is 5.02 Å². The summed E-state index contributed by atoms with van der Waals surface area (Å²) < 4.78 is 65.7. The Balaban J connectivity index is 1.99. The molecule has 1 amide bonds. The van der Waals surface area contributed by atoms with Gasteiger partial charge in [-0.3, -0.25) is 4.79 Å². The van der Waals surface area contributed by atoms with Crippen LogP contribution in [0.2, 0.25) is 5.02 Å². The first-order valence-electron chi connectivity index (χ1n) is 7.35. The molecular formula is C16H14ClF3N2O4S. The molecule has 0 aliphatic rings. The van der Waals surface area contributed by atoms with Crippen LogP contribution in [0.5, 0.6) is 5.75 Å². The summed E-state index contributed by atoms with van der Waals surface area (Å²) in [4.78, 5) is 12.0. The lowest BCUT2D eigenvalue weighted by atomic mass is 10.3. The van der Waals surface area contributed by atoms with Gasteiger partial charge in [0, 0.05) is 17.8 Å². The van der Waals surface area contributed by atoms with Crippen LogP contribution in [0.15, 0.2) is 53.4 Å². The lowest BCUT2D eigenvalue weighted by molar-refractivity contribution is -0.274. The maximum atomic E-state index is 12.4. The van der Waals surface area contributed by atoms with E-state index in [4.69, 9.17) is 11.6 Å². The highest BCUT2D eigenvalue weighted by Gasteiger charge is 2.31. The molecule has 0 heterocycles. The lowest BCUT2D eigenvalue weighted by Gasteiger charge is -2.17. The molecule has 0 aromatic heterocycles. The second-order valence-corrected chi connectivity index (χ2v) is 7.82. The van der Waals surface area contributed by atoms with Crippen molar-refractivity contribution < 1.29 is 31.1 Å². The van der Waals surface area contributed by atoms with Gasteiger partial charge in [-0.05, 0) is 48.5 Å². The van der Waals surface area contributed by atoms with Crippen LogP contribution >= 0.6 is 11.6 Å². The van der Waals surface area contributed by atoms with Gasteiger partial charge in [0.2, 0.25) is 15.9 Å². The molecule has 0 spiro atoms. The summed E-state index contributed by atoms with van der Waals surface area (Å²) >= 11 is 5.72. The molecule has 0 radical (unpaired) electrons. The third-order valence-electron chi connectivity index (χ3n) is 3.26. The molecule has 0 saturated heterocycles. The smallest absolute Gasteiger partial charge is 0.406 e. The Morgan fingerprint density at radius 3 is 2.19 bits per heavy atom. The average Bonchev–Trinajstić information content (AvgIpc) is 2.55. The van der Waals surface area contributed by atoms with Gasteiger partial charge in [0.05, 0.1) is 11.4 Å². The number of ether oxygens (including phenoxy) is 1. The van der Waals surface area contributed by atoms with Crippen molar-refractivity contribution in [2.24, 2.45) is 0 Å². The standard InChI is InChI=1S/C16H14ClF3N2O4S/c1-22(27(24,25)14-8-2-11(17)3-9-14)10-15(23)21-12-4-6-13(7-5-12)26-16(18,19)20/h2-9H,10H2,1H3,(H,21,23). The number of hydrogen-bond donors (Lipinski definition) is 1. The average molecular weight is 423 g/mol. The molecule has 2 aromatic carbocycles. The zero-order chi connectivity index (χ0) is 20.2. The first kappa shape index (κ1) is 21.0. The molecule has 1 N–H and O–H groups in total. The molecule has 11 heteroatoms. The van der Waals surface area contributed by atoms with E-state index >= 15 is 0 Å². The second-order valence-electron chi connectivity index (χ2n) is 5.34. The van der Waals surface area contributed by atoms with Crippen molar-refractivity contribution in [2.45, 2.75) is 11.3 Å². The minimum absolute atomic E-state index is 0.0316. The van der Waals surface area contributed by atoms with Crippen LogP contribution in [-0.2, 0) is 14.8 Å². The maximum Gasteiger partial charge on any atom is 0.573 e. The van der Waals surface area contributed by atoms with Gasteiger partial charge in [-0.1, -0.05) is 11.6 Å². The molecule has 0 atom stereocenters. The van der Waals surface area contributed by atoms with Gasteiger partial charge in [0.1, 0.15) is 5.75 Å². The SMILES string of the molecule is CN(CC(=O)Nc1ccc(OC(F)(F)F)cc1)S(=O)(=O)c1ccc(Cl)cc1. The summed E-state index contributed by atoms with van der Waals surface area (Å²) in [5, 5.41) is 2.76. The fraction of sp³-hybridized carbons (Fsp3) is 0.188. The number of rotatable bonds is 6. The molecule has 0 aliphatic heterocycles. The fourth-order valence-corrected chi connectivity index (χ4v) is 3.27. The Morgan fingerprint density at radius 1 is 1.11 bits per heavy atom. The van der Waals surface area contributed by atoms with Gasteiger partial charge in [-0.15, -0.1) is 13.2 Å². The monoisotopic (exact) mass is 422 g/mol. The number of nitrogens with zero attached hydrogens (tertiary/aromatic N) is 1. The molecule has 0 unspecified atom stereocenters. The Kier molecular flexibility index (Phi) is 6.34. The maximum absolute atomic E-state index is 12.4. The third-order valence-corrected chi connectivity index (χ3v) is 5.33. The third kappa shape index (κ3) is 6.12. The molecule has 0 fully saturated rings. The molecule has 0 saturated carbocycles. The van der Waals surface area contributed by atoms with E-state index in [0.717, 1.165) is 16.4 Å². The minimum Gasteiger partial charge on any atom is -0.406 e. The number of amides is 1. The van der Waals surface area contributed by atoms with Crippen molar-refractivity contribution >= 4 is 33.2 Å². The lowest BCUT2D eigenvalue weighted by Crippen LogP contribution is -2.34. The molecule has 0 bridgehead atoms. The van der Waals surface area contributed by atoms with E-state index in [1.165, 1.54) is 43.4 Å². The summed E-state index contributed by atoms with van der Waals surface area (Å²) in [5.41, 5.74) is 0.187. The number of carbonyl (C=O) groups is 1. The van der Waals surface area contributed by atoms with Crippen molar-refractivity contribution in [1.29, 1.82) is 0 Å². The van der Waals surface area contributed by atoms with Crippen LogP contribution in [0.4, 0.5) is 18.9 Å². The van der Waals surface area contributed by atoms with E-state index < -0.39 is 34.6 Å². The second kappa shape index (κ2) is 8.15. The highest BCUT2D eigenvalue weighted by atomic mass is 35.5. The zero-order valence-corrected chi connectivity index (χ0v) is 15.4. The van der Waals surface area contributed by atoms with Crippen molar-refractivity contribution in [1.82, 2.24) is 4.31 Å². The molecule has 2 rings (SSSR count). The Morgan fingerprint density at radius 2 is 1.67 bits per heavy atom. The molecule has 6 nitrogen and oxygen atoms in total. The predicted octanol–water partition coefficient (Wildman–Crippen LogP) is 3.50. The number of carbonyl (C=O) groups excluding carboxylic acids is 1. The number of hydrogen-bond acceptors (Lipinski definition) is 4. The van der Waals surface area contributed by atoms with Crippen molar-refractivity contribution in [2.75, 3.05) is 18.9 Å². The van der Waals surface area contributed by atoms with Gasteiger partial charge < -0.3 is 10.1 Å². The Bertz CT molecular complexity index is 901. The number of anilines is 1. The normalized spacial score (nSPS) is 12.1. The number of halogens is 4. The molecule has 27 heavy (non-hydrogen) atoms. The van der Waals surface area contributed by atoms with Crippen LogP contribution < -0.4 is 10.1 Å². The van der Waals surface area contributed by atoms with Gasteiger partial charge in [0.25, 0.3) is 0 Å². The molecule has 146 valence electrons. The van der Waals surface area contributed by atoms with E-state index in [2.05, 4.69) is 10.1 Å². The Hall–Kier alpha value is -2.30. The van der Waals surface area contributed by atoms with E-state index in [-0.39, 0.29) is 10.6 Å². The van der Waals surface area contributed by atoms with Crippen molar-refractivity contribution in [3.8, 4) is 5.75 Å². The number of likely N-dealkylation sites (N-methyl/N-ethyl adjacent to an activating group) is 1. The van der Waals surface area contributed by atoms with Gasteiger partial charge in [-0.25, -0.2) is 8.42 Å². The number of alkyl halides is 3. The summed E-state index contributed by atoms with van der Waals surface area (Å²) in [5.74, 6) is -1.11. The topological polar surface area (TPSA) is 75.7 Å². The first-order valence-corrected chi connectivity index (χ1v) is 9.17. The molecular weight excluding hydrogens is 409 g/mol. The van der Waals surface area contributed by atoms with Gasteiger partial charge in [-0.2, -0.15) is 4.31 Å². The summed E-state index contributed by atoms with van der Waals surface area (Å²) in [6.07, 6.45) is -4.82. The Labute approximate surface area is 158 Å². The summed E-state index contributed by atoms with van der Waals surface area (Å²) in [6, 6.07) is 9.89. The van der Waals surface area contributed by atoms with Crippen LogP contribution in [0.1, 0.15) is 0 Å². The van der Waals surface area contributed by atoms with Crippen LogP contribution in [0.25, 0.3) is 0 Å². The zero-order valence-electron chi connectivity index (χ0n) is 13.8. The summed E-state index contributed by atoms with van der Waals surface area (Å²) in [7, 11) is -2.68. The van der Waals surface area contributed by atoms with Crippen LogP contribution in [0, 0.1) is 0 Å². The van der Waals surface area contributed by atoms with E-state index in [9.17, 15) is 26.4 Å². The highest BCUT2D eigenvalue weighted by Crippen LogP contribution is 2.24. The predicted molar refractivity (Wildman–Crippen MR) is 93.0 cm³/mol. The largest absolute Gasteiger partial charge is 0.573 e. The minimum atomic E-state index is -4.82. The first-order chi connectivity index (χ1) is 12.5. The number of sulfonamides is 1. The van der Waals surface area contributed by atoms with E-state index in [1.807, 2.05) is 0 Å². The van der Waals surface area contributed by atoms with Crippen molar-refractivity contribution in [3.05, 3.63) is 53.6 Å². The molecule has 2 aromatic rings. The number of benzene rings is 2. The summed E-state index contributed by atoms with van der Waals surface area (Å²) in [6.45, 7) is -0.494. The quantitative estimate of drug-likeness (QED) is 0.773. The van der Waals surface area contributed by atoms with Crippen LogP contribution in [0.3, 0.4) is 0 Å².